The summed E-state index contributed by atoms with van der Waals surface area (Å²) >= 11 is 0. The van der Waals surface area contributed by atoms with Gasteiger partial charge in [-0.05, 0) is 37.5 Å². The lowest BCUT2D eigenvalue weighted by Gasteiger charge is -2.23. The summed E-state index contributed by atoms with van der Waals surface area (Å²) in [7, 11) is 3.53. The molecule has 1 heterocycles. The predicted octanol–water partition coefficient (Wildman–Crippen LogP) is 2.91. The molecule has 5 heteroatoms. The van der Waals surface area contributed by atoms with Crippen LogP contribution in [0.4, 0.5) is 5.69 Å². The number of rotatable bonds is 6. The Morgan fingerprint density at radius 3 is 2.24 bits per heavy atom. The summed E-state index contributed by atoms with van der Waals surface area (Å²) in [6.45, 7) is 3.85. The summed E-state index contributed by atoms with van der Waals surface area (Å²) in [5.41, 5.74) is 1.98. The minimum atomic E-state index is 0.0880. The van der Waals surface area contributed by atoms with Gasteiger partial charge in [0, 0.05) is 45.3 Å². The molecule has 0 spiro atoms. The van der Waals surface area contributed by atoms with Crippen molar-refractivity contribution < 1.29 is 9.59 Å². The highest BCUT2D eigenvalue weighted by Gasteiger charge is 2.18. The van der Waals surface area contributed by atoms with E-state index in [1.807, 2.05) is 36.1 Å². The molecule has 1 aromatic carbocycles. The van der Waals surface area contributed by atoms with E-state index in [-0.39, 0.29) is 17.9 Å². The van der Waals surface area contributed by atoms with E-state index in [1.165, 1.54) is 12.8 Å². The van der Waals surface area contributed by atoms with Crippen LogP contribution >= 0.6 is 0 Å². The van der Waals surface area contributed by atoms with Gasteiger partial charge >= 0.3 is 0 Å². The van der Waals surface area contributed by atoms with Crippen molar-refractivity contribution in [2.45, 2.75) is 51.5 Å². The predicted molar refractivity (Wildman–Crippen MR) is 102 cm³/mol. The number of anilines is 1. The molecular weight excluding hydrogens is 314 g/mol. The SMILES string of the molecule is CC(CC(=O)N1CCCCCC1)Nc1ccc(CC(=O)N(C)C)cc1. The largest absolute Gasteiger partial charge is 0.382 e. The number of nitrogens with zero attached hydrogens (tertiary/aromatic N) is 2. The maximum atomic E-state index is 12.4. The Hall–Kier alpha value is -2.04. The normalized spacial score (nSPS) is 16.0. The summed E-state index contributed by atoms with van der Waals surface area (Å²) in [5, 5.41) is 3.39. The number of nitrogens with one attached hydrogen (secondary N) is 1. The molecule has 1 aliphatic heterocycles. The summed E-state index contributed by atoms with van der Waals surface area (Å²) in [6, 6.07) is 7.97. The Balaban J connectivity index is 1.82. The third-order valence-electron chi connectivity index (χ3n) is 4.66. The lowest BCUT2D eigenvalue weighted by atomic mass is 10.1. The third kappa shape index (κ3) is 6.40. The molecule has 1 aromatic rings. The number of hydrogen-bond acceptors (Lipinski definition) is 3. The zero-order valence-electron chi connectivity index (χ0n) is 15.8. The number of likely N-dealkylation sites (N-methyl/N-ethyl adjacent to an activating group) is 1. The second-order valence-corrected chi connectivity index (χ2v) is 7.21. The second-order valence-electron chi connectivity index (χ2n) is 7.21. The molecular formula is C20H31N3O2. The highest BCUT2D eigenvalue weighted by atomic mass is 16.2. The zero-order chi connectivity index (χ0) is 18.2. The summed E-state index contributed by atoms with van der Waals surface area (Å²) in [5.74, 6) is 0.340. The number of carbonyl (C=O) groups is 2. The van der Waals surface area contributed by atoms with Gasteiger partial charge in [-0.3, -0.25) is 9.59 Å². The van der Waals surface area contributed by atoms with Crippen LogP contribution in [0.15, 0.2) is 24.3 Å². The number of amides is 2. The van der Waals surface area contributed by atoms with Gasteiger partial charge in [0.25, 0.3) is 0 Å². The molecule has 2 rings (SSSR count). The van der Waals surface area contributed by atoms with Crippen molar-refractivity contribution in [1.29, 1.82) is 0 Å². The molecule has 0 saturated carbocycles. The molecule has 1 unspecified atom stereocenters. The van der Waals surface area contributed by atoms with Crippen LogP contribution in [-0.4, -0.2) is 54.8 Å². The van der Waals surface area contributed by atoms with Gasteiger partial charge in [0.2, 0.25) is 11.8 Å². The van der Waals surface area contributed by atoms with E-state index in [9.17, 15) is 9.59 Å². The number of benzene rings is 1. The maximum absolute atomic E-state index is 12.4. The minimum Gasteiger partial charge on any atom is -0.382 e. The molecule has 25 heavy (non-hydrogen) atoms. The molecule has 5 nitrogen and oxygen atoms in total. The van der Waals surface area contributed by atoms with Gasteiger partial charge in [0.1, 0.15) is 0 Å². The minimum absolute atomic E-state index is 0.0880. The fourth-order valence-electron chi connectivity index (χ4n) is 3.10. The van der Waals surface area contributed by atoms with Gasteiger partial charge in [-0.15, -0.1) is 0 Å². The first kappa shape index (κ1) is 19.3. The molecule has 1 atom stereocenters. The van der Waals surface area contributed by atoms with E-state index in [0.717, 1.165) is 37.2 Å². The van der Waals surface area contributed by atoms with Crippen LogP contribution < -0.4 is 5.32 Å². The molecule has 0 aromatic heterocycles. The van der Waals surface area contributed by atoms with Crippen LogP contribution in [0, 0.1) is 0 Å². The van der Waals surface area contributed by atoms with Crippen molar-refractivity contribution in [1.82, 2.24) is 9.80 Å². The van der Waals surface area contributed by atoms with Gasteiger partial charge in [0.15, 0.2) is 0 Å². The highest BCUT2D eigenvalue weighted by molar-refractivity contribution is 5.78. The summed E-state index contributed by atoms with van der Waals surface area (Å²) in [6.07, 6.45) is 5.65. The summed E-state index contributed by atoms with van der Waals surface area (Å²) in [4.78, 5) is 27.8. The molecule has 2 amide bonds. The average Bonchev–Trinajstić information content (AvgIpc) is 2.85. The average molecular weight is 345 g/mol. The van der Waals surface area contributed by atoms with E-state index in [2.05, 4.69) is 5.32 Å². The van der Waals surface area contributed by atoms with Crippen molar-refractivity contribution in [3.63, 3.8) is 0 Å². The van der Waals surface area contributed by atoms with Gasteiger partial charge in [-0.1, -0.05) is 25.0 Å². The van der Waals surface area contributed by atoms with E-state index in [1.54, 1.807) is 19.0 Å². The quantitative estimate of drug-likeness (QED) is 0.862. The van der Waals surface area contributed by atoms with Gasteiger partial charge < -0.3 is 15.1 Å². The Morgan fingerprint density at radius 2 is 1.68 bits per heavy atom. The maximum Gasteiger partial charge on any atom is 0.226 e. The Labute approximate surface area is 151 Å². The second kappa shape index (κ2) is 9.44. The van der Waals surface area contributed by atoms with E-state index < -0.39 is 0 Å². The van der Waals surface area contributed by atoms with Gasteiger partial charge in [0.05, 0.1) is 6.42 Å². The van der Waals surface area contributed by atoms with Gasteiger partial charge in [-0.25, -0.2) is 0 Å². The fourth-order valence-corrected chi connectivity index (χ4v) is 3.10. The van der Waals surface area contributed by atoms with E-state index in [4.69, 9.17) is 0 Å². The Kier molecular flexibility index (Phi) is 7.29. The van der Waals surface area contributed by atoms with E-state index in [0.29, 0.717) is 12.8 Å². The van der Waals surface area contributed by atoms with E-state index >= 15 is 0 Å². The smallest absolute Gasteiger partial charge is 0.226 e. The van der Waals surface area contributed by atoms with Crippen LogP contribution in [0.1, 0.15) is 44.6 Å². The molecule has 0 bridgehead atoms. The first-order chi connectivity index (χ1) is 12.0. The number of likely N-dealkylation sites (tertiary alicyclic amines) is 1. The number of hydrogen-bond donors (Lipinski definition) is 1. The monoisotopic (exact) mass is 345 g/mol. The van der Waals surface area contributed by atoms with Crippen LogP contribution in [0.5, 0.6) is 0 Å². The lowest BCUT2D eigenvalue weighted by Crippen LogP contribution is -2.35. The molecule has 0 aliphatic carbocycles. The lowest BCUT2D eigenvalue weighted by molar-refractivity contribution is -0.131. The molecule has 0 radical (unpaired) electrons. The number of carbonyl (C=O) groups excluding carboxylic acids is 2. The van der Waals surface area contributed by atoms with Crippen molar-refractivity contribution in [2.75, 3.05) is 32.5 Å². The molecule has 1 fully saturated rings. The van der Waals surface area contributed by atoms with Crippen LogP contribution in [0.25, 0.3) is 0 Å². The fraction of sp³-hybridized carbons (Fsp3) is 0.600. The highest BCUT2D eigenvalue weighted by Crippen LogP contribution is 2.15. The van der Waals surface area contributed by atoms with Crippen molar-refractivity contribution >= 4 is 17.5 Å². The Morgan fingerprint density at radius 1 is 1.08 bits per heavy atom. The molecule has 1 aliphatic rings. The van der Waals surface area contributed by atoms with Crippen molar-refractivity contribution in [3.05, 3.63) is 29.8 Å². The van der Waals surface area contributed by atoms with Crippen molar-refractivity contribution in [2.24, 2.45) is 0 Å². The molecule has 138 valence electrons. The third-order valence-corrected chi connectivity index (χ3v) is 4.66. The molecule has 1 saturated heterocycles. The Bertz CT molecular complexity index is 561. The van der Waals surface area contributed by atoms with Crippen LogP contribution in [0.3, 0.4) is 0 Å². The van der Waals surface area contributed by atoms with Crippen LogP contribution in [-0.2, 0) is 16.0 Å². The first-order valence-corrected chi connectivity index (χ1v) is 9.29. The van der Waals surface area contributed by atoms with Crippen LogP contribution in [0.2, 0.25) is 0 Å². The summed E-state index contributed by atoms with van der Waals surface area (Å²) < 4.78 is 0. The standard InChI is InChI=1S/C20H31N3O2/c1-16(14-20(25)23-12-6-4-5-7-13-23)21-18-10-8-17(9-11-18)15-19(24)22(2)3/h8-11,16,21H,4-7,12-15H2,1-3H3. The molecule has 1 N–H and O–H groups in total. The van der Waals surface area contributed by atoms with Gasteiger partial charge in [-0.2, -0.15) is 0 Å². The van der Waals surface area contributed by atoms with Crippen molar-refractivity contribution in [3.8, 4) is 0 Å². The zero-order valence-corrected chi connectivity index (χ0v) is 15.8. The topological polar surface area (TPSA) is 52.7 Å². The first-order valence-electron chi connectivity index (χ1n) is 9.29.